The molecular weight excluding hydrogens is 336 g/mol. The number of ether oxygens (including phenoxy) is 2. The molecule has 0 atom stereocenters. The van der Waals surface area contributed by atoms with Gasteiger partial charge in [-0.3, -0.25) is 0 Å². The summed E-state index contributed by atoms with van der Waals surface area (Å²) in [4.78, 5) is 0. The van der Waals surface area contributed by atoms with E-state index in [0.717, 1.165) is 37.8 Å². The normalized spacial score (nSPS) is 10.8. The van der Waals surface area contributed by atoms with Gasteiger partial charge in [-0.05, 0) is 30.7 Å². The van der Waals surface area contributed by atoms with Crippen LogP contribution in [-0.4, -0.2) is 13.7 Å². The molecule has 0 fully saturated rings. The van der Waals surface area contributed by atoms with Crippen LogP contribution in [0.25, 0.3) is 11.1 Å². The molecule has 0 saturated carbocycles. The summed E-state index contributed by atoms with van der Waals surface area (Å²) in [5.41, 5.74) is -0.765. The smallest absolute Gasteiger partial charge is 0.201 e. The molecule has 25 heavy (non-hydrogen) atoms. The number of unbranched alkanes of at least 4 members (excludes halogenated alkanes) is 3. The molecule has 0 aromatic heterocycles. The van der Waals surface area contributed by atoms with Crippen molar-refractivity contribution in [1.29, 1.82) is 0 Å². The van der Waals surface area contributed by atoms with Gasteiger partial charge in [0.2, 0.25) is 11.6 Å². The Morgan fingerprint density at radius 2 is 1.28 bits per heavy atom. The fourth-order valence-electron chi connectivity index (χ4n) is 2.46. The predicted octanol–water partition coefficient (Wildman–Crippen LogP) is 5.88. The average molecular weight is 356 g/mol. The van der Waals surface area contributed by atoms with Crippen LogP contribution in [0, 0.1) is 23.3 Å². The third kappa shape index (κ3) is 4.24. The molecule has 0 saturated heterocycles. The maximum absolute atomic E-state index is 14.3. The molecule has 2 nitrogen and oxygen atoms in total. The van der Waals surface area contributed by atoms with Gasteiger partial charge >= 0.3 is 0 Å². The fraction of sp³-hybridized carbons (Fsp3) is 0.368. The van der Waals surface area contributed by atoms with Crippen LogP contribution in [0.3, 0.4) is 0 Å². The van der Waals surface area contributed by atoms with Crippen LogP contribution in [0.1, 0.15) is 32.6 Å². The van der Waals surface area contributed by atoms with E-state index in [1.54, 1.807) is 0 Å². The van der Waals surface area contributed by atoms with Gasteiger partial charge in [-0.25, -0.2) is 8.78 Å². The second-order valence-corrected chi connectivity index (χ2v) is 5.59. The molecule has 2 aromatic carbocycles. The summed E-state index contributed by atoms with van der Waals surface area (Å²) in [6.45, 7) is 2.33. The second-order valence-electron chi connectivity index (χ2n) is 5.59. The summed E-state index contributed by atoms with van der Waals surface area (Å²) in [5.74, 6) is -5.61. The predicted molar refractivity (Wildman–Crippen MR) is 87.9 cm³/mol. The van der Waals surface area contributed by atoms with E-state index in [9.17, 15) is 17.6 Å². The zero-order valence-electron chi connectivity index (χ0n) is 14.2. The van der Waals surface area contributed by atoms with E-state index in [1.807, 2.05) is 0 Å². The lowest BCUT2D eigenvalue weighted by molar-refractivity contribution is 0.285. The summed E-state index contributed by atoms with van der Waals surface area (Å²) in [6, 6.07) is 4.68. The first-order valence-corrected chi connectivity index (χ1v) is 8.14. The van der Waals surface area contributed by atoms with E-state index in [2.05, 4.69) is 11.7 Å². The lowest BCUT2D eigenvalue weighted by atomic mass is 10.0. The average Bonchev–Trinajstić information content (AvgIpc) is 2.61. The Kier molecular flexibility index (Phi) is 6.67. The van der Waals surface area contributed by atoms with Gasteiger partial charge in [-0.2, -0.15) is 8.78 Å². The molecule has 136 valence electrons. The van der Waals surface area contributed by atoms with Crippen LogP contribution in [0.2, 0.25) is 0 Å². The van der Waals surface area contributed by atoms with Crippen molar-refractivity contribution in [1.82, 2.24) is 0 Å². The SMILES string of the molecule is CCCCCCOc1ccc(-c2ccc(OC)c(F)c2F)c(F)c1F. The highest BCUT2D eigenvalue weighted by Crippen LogP contribution is 2.34. The van der Waals surface area contributed by atoms with Crippen molar-refractivity contribution in [2.75, 3.05) is 13.7 Å². The van der Waals surface area contributed by atoms with Gasteiger partial charge in [-0.15, -0.1) is 0 Å². The zero-order chi connectivity index (χ0) is 18.4. The highest BCUT2D eigenvalue weighted by Gasteiger charge is 2.21. The van der Waals surface area contributed by atoms with Gasteiger partial charge in [0, 0.05) is 11.1 Å². The Hall–Kier alpha value is -2.24. The number of benzene rings is 2. The first-order chi connectivity index (χ1) is 12.0. The molecule has 0 amide bonds. The number of rotatable bonds is 8. The van der Waals surface area contributed by atoms with Gasteiger partial charge in [0.15, 0.2) is 23.1 Å². The van der Waals surface area contributed by atoms with E-state index in [0.29, 0.717) is 0 Å². The molecule has 0 heterocycles. The van der Waals surface area contributed by atoms with E-state index < -0.39 is 23.3 Å². The minimum Gasteiger partial charge on any atom is -0.494 e. The van der Waals surface area contributed by atoms with E-state index in [4.69, 9.17) is 4.74 Å². The molecule has 0 unspecified atom stereocenters. The molecule has 0 spiro atoms. The van der Waals surface area contributed by atoms with Gasteiger partial charge in [0.25, 0.3) is 0 Å². The van der Waals surface area contributed by atoms with Crippen LogP contribution < -0.4 is 9.47 Å². The van der Waals surface area contributed by atoms with Crippen LogP contribution >= 0.6 is 0 Å². The maximum atomic E-state index is 14.3. The Morgan fingerprint density at radius 1 is 0.720 bits per heavy atom. The van der Waals surface area contributed by atoms with Crippen molar-refractivity contribution in [3.8, 4) is 22.6 Å². The number of halogens is 4. The summed E-state index contributed by atoms with van der Waals surface area (Å²) in [6.07, 6.45) is 3.77. The molecule has 0 bridgehead atoms. The van der Waals surface area contributed by atoms with Gasteiger partial charge in [-0.1, -0.05) is 26.2 Å². The molecule has 0 radical (unpaired) electrons. The highest BCUT2D eigenvalue weighted by molar-refractivity contribution is 5.67. The van der Waals surface area contributed by atoms with Crippen LogP contribution in [-0.2, 0) is 0 Å². The maximum Gasteiger partial charge on any atom is 0.201 e. The third-order valence-electron chi connectivity index (χ3n) is 3.86. The second kappa shape index (κ2) is 8.74. The Morgan fingerprint density at radius 3 is 1.84 bits per heavy atom. The molecule has 6 heteroatoms. The van der Waals surface area contributed by atoms with E-state index in [1.165, 1.54) is 19.2 Å². The summed E-state index contributed by atoms with van der Waals surface area (Å²) in [5, 5.41) is 0. The van der Waals surface area contributed by atoms with Gasteiger partial charge in [0.1, 0.15) is 0 Å². The van der Waals surface area contributed by atoms with Crippen molar-refractivity contribution in [2.24, 2.45) is 0 Å². The van der Waals surface area contributed by atoms with Gasteiger partial charge < -0.3 is 9.47 Å². The number of hydrogen-bond donors (Lipinski definition) is 0. The Bertz CT molecular complexity index is 732. The molecule has 2 rings (SSSR count). The molecule has 0 aliphatic carbocycles. The van der Waals surface area contributed by atoms with E-state index in [-0.39, 0.29) is 29.2 Å². The number of hydrogen-bond acceptors (Lipinski definition) is 2. The van der Waals surface area contributed by atoms with Crippen LogP contribution in [0.15, 0.2) is 24.3 Å². The molecule has 2 aromatic rings. The Balaban J connectivity index is 2.24. The topological polar surface area (TPSA) is 18.5 Å². The van der Waals surface area contributed by atoms with Crippen molar-refractivity contribution in [3.63, 3.8) is 0 Å². The molecule has 0 N–H and O–H groups in total. The van der Waals surface area contributed by atoms with Crippen molar-refractivity contribution in [2.45, 2.75) is 32.6 Å². The number of methoxy groups -OCH3 is 1. The minimum atomic E-state index is -1.30. The summed E-state index contributed by atoms with van der Waals surface area (Å²) < 4.78 is 66.2. The van der Waals surface area contributed by atoms with E-state index >= 15 is 0 Å². The quantitative estimate of drug-likeness (QED) is 0.434. The first-order valence-electron chi connectivity index (χ1n) is 8.14. The lowest BCUT2D eigenvalue weighted by Gasteiger charge is -2.12. The molecule has 0 aliphatic heterocycles. The molecule has 0 aliphatic rings. The van der Waals surface area contributed by atoms with Crippen molar-refractivity contribution >= 4 is 0 Å². The standard InChI is InChI=1S/C19H20F4O2/c1-3-4-5-6-11-25-15-10-8-13(17(21)19(15)23)12-7-9-14(24-2)18(22)16(12)20/h7-10H,3-6,11H2,1-2H3. The van der Waals surface area contributed by atoms with Crippen LogP contribution in [0.5, 0.6) is 11.5 Å². The fourth-order valence-corrected chi connectivity index (χ4v) is 2.46. The highest BCUT2D eigenvalue weighted by atomic mass is 19.2. The van der Waals surface area contributed by atoms with Crippen LogP contribution in [0.4, 0.5) is 17.6 Å². The first kappa shape index (κ1) is 19.1. The molecular formula is C19H20F4O2. The monoisotopic (exact) mass is 356 g/mol. The minimum absolute atomic E-state index is 0.243. The van der Waals surface area contributed by atoms with Crippen molar-refractivity contribution in [3.05, 3.63) is 47.5 Å². The summed E-state index contributed by atoms with van der Waals surface area (Å²) >= 11 is 0. The third-order valence-corrected chi connectivity index (χ3v) is 3.86. The summed E-state index contributed by atoms with van der Waals surface area (Å²) in [7, 11) is 1.18. The van der Waals surface area contributed by atoms with Gasteiger partial charge in [0.05, 0.1) is 13.7 Å². The Labute approximate surface area is 144 Å². The zero-order valence-corrected chi connectivity index (χ0v) is 14.2. The van der Waals surface area contributed by atoms with Crippen molar-refractivity contribution < 1.29 is 27.0 Å². The largest absolute Gasteiger partial charge is 0.494 e. The lowest BCUT2D eigenvalue weighted by Crippen LogP contribution is -2.02.